The molecule has 0 saturated heterocycles. The highest BCUT2D eigenvalue weighted by Crippen LogP contribution is 2.03. The summed E-state index contributed by atoms with van der Waals surface area (Å²) in [5.74, 6) is 1.09. The van der Waals surface area contributed by atoms with Gasteiger partial charge in [0.2, 0.25) is 5.91 Å². The Labute approximate surface area is 105 Å². The van der Waals surface area contributed by atoms with Gasteiger partial charge in [-0.2, -0.15) is 0 Å². The molecule has 1 rings (SSSR count). The highest BCUT2D eigenvalue weighted by atomic mass is 16.3. The molecule has 0 aliphatic carbocycles. The molecule has 0 saturated carbocycles. The van der Waals surface area contributed by atoms with Crippen molar-refractivity contribution >= 4 is 17.7 Å². The van der Waals surface area contributed by atoms with Crippen LogP contribution in [0.2, 0.25) is 0 Å². The topological polar surface area (TPSA) is 86.7 Å². The third kappa shape index (κ3) is 4.03. The van der Waals surface area contributed by atoms with Crippen LogP contribution in [0.4, 0.5) is 0 Å². The summed E-state index contributed by atoms with van der Waals surface area (Å²) in [5.41, 5.74) is 0. The Kier molecular flexibility index (Phi) is 5.08. The zero-order valence-electron chi connectivity index (χ0n) is 9.76. The third-order valence-corrected chi connectivity index (χ3v) is 2.35. The average molecular weight is 250 g/mol. The second-order valence-electron chi connectivity index (χ2n) is 3.78. The number of aliphatic hydroxyl groups is 1. The van der Waals surface area contributed by atoms with Crippen LogP contribution in [0.3, 0.4) is 0 Å². The maximum Gasteiger partial charge on any atom is 0.253 e. The summed E-state index contributed by atoms with van der Waals surface area (Å²) in [6, 6.07) is 0. The second-order valence-corrected chi connectivity index (χ2v) is 3.78. The lowest BCUT2D eigenvalue weighted by Gasteiger charge is -2.14. The average Bonchev–Trinajstić information content (AvgIpc) is 2.64. The van der Waals surface area contributed by atoms with Crippen LogP contribution >= 0.6 is 0 Å². The van der Waals surface area contributed by atoms with E-state index >= 15 is 0 Å². The fourth-order valence-corrected chi connectivity index (χ4v) is 1.39. The van der Waals surface area contributed by atoms with Gasteiger partial charge in [0.1, 0.15) is 0 Å². The minimum atomic E-state index is -0.782. The molecule has 96 valence electrons. The molecule has 0 aromatic carbocycles. The number of imide groups is 1. The first-order valence-corrected chi connectivity index (χ1v) is 5.46. The molecule has 1 aliphatic rings. The zero-order chi connectivity index (χ0) is 13.5. The van der Waals surface area contributed by atoms with Crippen molar-refractivity contribution in [3.63, 3.8) is 0 Å². The number of terminal acetylenes is 1. The standard InChI is InChI=1S/C12H14N2O4/c1-2-3-9(15)8-13-10(16)6-7-14-11(17)4-5-12(14)18/h1,4-5,9,15H,3,6-8H2,(H,13,16). The van der Waals surface area contributed by atoms with Crippen LogP contribution in [0, 0.1) is 12.3 Å². The lowest BCUT2D eigenvalue weighted by atomic mass is 10.2. The molecule has 2 N–H and O–H groups in total. The van der Waals surface area contributed by atoms with Gasteiger partial charge in [-0.3, -0.25) is 19.3 Å². The number of rotatable bonds is 6. The van der Waals surface area contributed by atoms with Gasteiger partial charge in [-0.25, -0.2) is 0 Å². The van der Waals surface area contributed by atoms with Crippen molar-refractivity contribution in [1.29, 1.82) is 0 Å². The molecule has 0 fully saturated rings. The maximum atomic E-state index is 11.4. The summed E-state index contributed by atoms with van der Waals surface area (Å²) in [6.45, 7) is 0.0882. The van der Waals surface area contributed by atoms with E-state index in [9.17, 15) is 19.5 Å². The number of aliphatic hydroxyl groups excluding tert-OH is 1. The maximum absolute atomic E-state index is 11.4. The number of carbonyl (C=O) groups excluding carboxylic acids is 3. The third-order valence-electron chi connectivity index (χ3n) is 2.35. The van der Waals surface area contributed by atoms with Crippen LogP contribution in [0.25, 0.3) is 0 Å². The Morgan fingerprint density at radius 3 is 2.61 bits per heavy atom. The smallest absolute Gasteiger partial charge is 0.253 e. The number of amides is 3. The van der Waals surface area contributed by atoms with Crippen molar-refractivity contribution in [1.82, 2.24) is 10.2 Å². The van der Waals surface area contributed by atoms with E-state index in [4.69, 9.17) is 6.42 Å². The Hall–Kier alpha value is -2.13. The summed E-state index contributed by atoms with van der Waals surface area (Å²) in [7, 11) is 0. The highest BCUT2D eigenvalue weighted by molar-refractivity contribution is 6.13. The Morgan fingerprint density at radius 1 is 1.44 bits per heavy atom. The SMILES string of the molecule is C#CCC(O)CNC(=O)CCN1C(=O)C=CC1=O. The molecular weight excluding hydrogens is 236 g/mol. The van der Waals surface area contributed by atoms with E-state index in [1.54, 1.807) is 0 Å². The van der Waals surface area contributed by atoms with Gasteiger partial charge in [-0.1, -0.05) is 0 Å². The van der Waals surface area contributed by atoms with Crippen LogP contribution in [-0.4, -0.2) is 46.9 Å². The van der Waals surface area contributed by atoms with Gasteiger partial charge in [0.05, 0.1) is 6.10 Å². The normalized spacial score (nSPS) is 15.7. The molecule has 1 unspecified atom stereocenters. The minimum absolute atomic E-state index is 0.00192. The predicted molar refractivity (Wildman–Crippen MR) is 62.9 cm³/mol. The molecule has 1 aliphatic heterocycles. The van der Waals surface area contributed by atoms with Gasteiger partial charge in [0, 0.05) is 38.1 Å². The minimum Gasteiger partial charge on any atom is -0.390 e. The summed E-state index contributed by atoms with van der Waals surface area (Å²) in [4.78, 5) is 34.7. The first-order chi connectivity index (χ1) is 8.54. The number of carbonyl (C=O) groups is 3. The predicted octanol–water partition coefficient (Wildman–Crippen LogP) is -1.20. The highest BCUT2D eigenvalue weighted by Gasteiger charge is 2.23. The first kappa shape index (κ1) is 13.9. The second kappa shape index (κ2) is 6.57. The van der Waals surface area contributed by atoms with Crippen LogP contribution in [0.5, 0.6) is 0 Å². The molecule has 1 atom stereocenters. The van der Waals surface area contributed by atoms with Crippen molar-refractivity contribution in [2.75, 3.05) is 13.1 Å². The molecule has 3 amide bonds. The van der Waals surface area contributed by atoms with E-state index in [1.165, 1.54) is 0 Å². The summed E-state index contributed by atoms with van der Waals surface area (Å²) < 4.78 is 0. The van der Waals surface area contributed by atoms with E-state index in [2.05, 4.69) is 11.2 Å². The molecule has 0 radical (unpaired) electrons. The van der Waals surface area contributed by atoms with E-state index in [0.717, 1.165) is 17.1 Å². The molecule has 0 aromatic rings. The largest absolute Gasteiger partial charge is 0.390 e. The Bertz CT molecular complexity index is 404. The molecule has 6 nitrogen and oxygen atoms in total. The molecule has 1 heterocycles. The monoisotopic (exact) mass is 250 g/mol. The van der Waals surface area contributed by atoms with Gasteiger partial charge < -0.3 is 10.4 Å². The van der Waals surface area contributed by atoms with Gasteiger partial charge in [-0.15, -0.1) is 12.3 Å². The van der Waals surface area contributed by atoms with Gasteiger partial charge >= 0.3 is 0 Å². The van der Waals surface area contributed by atoms with Crippen LogP contribution in [-0.2, 0) is 14.4 Å². The number of nitrogens with zero attached hydrogens (tertiary/aromatic N) is 1. The van der Waals surface area contributed by atoms with E-state index < -0.39 is 17.9 Å². The van der Waals surface area contributed by atoms with E-state index in [1.807, 2.05) is 0 Å². The molecule has 6 heteroatoms. The van der Waals surface area contributed by atoms with Crippen molar-refractivity contribution < 1.29 is 19.5 Å². The van der Waals surface area contributed by atoms with Crippen molar-refractivity contribution in [3.05, 3.63) is 12.2 Å². The van der Waals surface area contributed by atoms with E-state index in [0.29, 0.717) is 0 Å². The lowest BCUT2D eigenvalue weighted by Crippen LogP contribution is -2.37. The molecule has 0 bridgehead atoms. The quantitative estimate of drug-likeness (QED) is 0.458. The summed E-state index contributed by atoms with van der Waals surface area (Å²) in [6.07, 6.45) is 6.70. The van der Waals surface area contributed by atoms with E-state index in [-0.39, 0.29) is 31.8 Å². The van der Waals surface area contributed by atoms with Crippen LogP contribution < -0.4 is 5.32 Å². The molecule has 0 aromatic heterocycles. The van der Waals surface area contributed by atoms with Gasteiger partial charge in [0.25, 0.3) is 11.8 Å². The molecule has 18 heavy (non-hydrogen) atoms. The van der Waals surface area contributed by atoms with Gasteiger partial charge in [-0.05, 0) is 0 Å². The first-order valence-electron chi connectivity index (χ1n) is 5.46. The zero-order valence-corrected chi connectivity index (χ0v) is 9.76. The fourth-order valence-electron chi connectivity index (χ4n) is 1.39. The van der Waals surface area contributed by atoms with Crippen molar-refractivity contribution in [2.24, 2.45) is 0 Å². The lowest BCUT2D eigenvalue weighted by molar-refractivity contribution is -0.137. The fraction of sp³-hybridized carbons (Fsp3) is 0.417. The summed E-state index contributed by atoms with van der Waals surface area (Å²) >= 11 is 0. The molecule has 0 spiro atoms. The Balaban J connectivity index is 2.24. The molecular formula is C12H14N2O4. The number of hydrogen-bond donors (Lipinski definition) is 2. The van der Waals surface area contributed by atoms with Crippen molar-refractivity contribution in [2.45, 2.75) is 18.9 Å². The van der Waals surface area contributed by atoms with Gasteiger partial charge in [0.15, 0.2) is 0 Å². The van der Waals surface area contributed by atoms with Crippen molar-refractivity contribution in [3.8, 4) is 12.3 Å². The Morgan fingerprint density at radius 2 is 2.06 bits per heavy atom. The summed E-state index contributed by atoms with van der Waals surface area (Å²) in [5, 5.41) is 11.7. The number of hydrogen-bond acceptors (Lipinski definition) is 4. The van der Waals surface area contributed by atoms with Crippen LogP contribution in [0.15, 0.2) is 12.2 Å². The number of nitrogens with one attached hydrogen (secondary N) is 1. The van der Waals surface area contributed by atoms with Crippen LogP contribution in [0.1, 0.15) is 12.8 Å².